The molecule has 1 fully saturated rings. The van der Waals surface area contributed by atoms with Gasteiger partial charge in [0.1, 0.15) is 23.0 Å². The SMILES string of the molecule is COc1ccc(S(=O)(=O)N2CCN(C(=O)OC(C)(C)C)CCC2C(=O)OC(C)(C)C)cc1. The predicted molar refractivity (Wildman–Crippen MR) is 119 cm³/mol. The zero-order chi connectivity index (χ0) is 24.3. The van der Waals surface area contributed by atoms with Crippen molar-refractivity contribution >= 4 is 22.1 Å². The summed E-state index contributed by atoms with van der Waals surface area (Å²) < 4.78 is 44.1. The highest BCUT2D eigenvalue weighted by Crippen LogP contribution is 2.26. The van der Waals surface area contributed by atoms with Crippen molar-refractivity contribution in [2.24, 2.45) is 0 Å². The molecular formula is C22H34N2O7S. The van der Waals surface area contributed by atoms with Crippen LogP contribution in [0.1, 0.15) is 48.0 Å². The van der Waals surface area contributed by atoms with Gasteiger partial charge in [0, 0.05) is 19.6 Å². The Hall–Kier alpha value is -2.33. The lowest BCUT2D eigenvalue weighted by Crippen LogP contribution is -2.47. The van der Waals surface area contributed by atoms with Gasteiger partial charge in [0.05, 0.1) is 12.0 Å². The molecule has 1 heterocycles. The number of hydrogen-bond acceptors (Lipinski definition) is 7. The second kappa shape index (κ2) is 9.66. The monoisotopic (exact) mass is 470 g/mol. The summed E-state index contributed by atoms with van der Waals surface area (Å²) >= 11 is 0. The van der Waals surface area contributed by atoms with Gasteiger partial charge in [-0.1, -0.05) is 0 Å². The van der Waals surface area contributed by atoms with E-state index < -0.39 is 39.3 Å². The molecule has 1 unspecified atom stereocenters. The van der Waals surface area contributed by atoms with Gasteiger partial charge in [-0.05, 0) is 72.2 Å². The van der Waals surface area contributed by atoms with Crippen molar-refractivity contribution in [1.82, 2.24) is 9.21 Å². The summed E-state index contributed by atoms with van der Waals surface area (Å²) in [7, 11) is -2.56. The summed E-state index contributed by atoms with van der Waals surface area (Å²) in [5.74, 6) is -0.139. The molecule has 0 spiro atoms. The number of ether oxygens (including phenoxy) is 3. The molecule has 1 saturated heterocycles. The first kappa shape index (κ1) is 25.9. The molecule has 1 atom stereocenters. The van der Waals surface area contributed by atoms with E-state index in [4.69, 9.17) is 14.2 Å². The number of methoxy groups -OCH3 is 1. The van der Waals surface area contributed by atoms with Crippen molar-refractivity contribution in [3.05, 3.63) is 24.3 Å². The highest BCUT2D eigenvalue weighted by Gasteiger charge is 2.41. The lowest BCUT2D eigenvalue weighted by molar-refractivity contribution is -0.159. The number of hydrogen-bond donors (Lipinski definition) is 0. The van der Waals surface area contributed by atoms with Crippen LogP contribution in [-0.4, -0.2) is 73.7 Å². The Morgan fingerprint density at radius 1 is 0.906 bits per heavy atom. The lowest BCUT2D eigenvalue weighted by atomic mass is 10.1. The molecule has 32 heavy (non-hydrogen) atoms. The van der Waals surface area contributed by atoms with Crippen molar-refractivity contribution in [3.63, 3.8) is 0 Å². The van der Waals surface area contributed by atoms with E-state index in [1.807, 2.05) is 0 Å². The Morgan fingerprint density at radius 3 is 1.97 bits per heavy atom. The Morgan fingerprint density at radius 2 is 1.47 bits per heavy atom. The third-order valence-corrected chi connectivity index (χ3v) is 6.53. The third kappa shape index (κ3) is 6.83. The van der Waals surface area contributed by atoms with E-state index in [-0.39, 0.29) is 31.0 Å². The second-order valence-corrected chi connectivity index (χ2v) is 11.5. The number of amides is 1. The highest BCUT2D eigenvalue weighted by atomic mass is 32.2. The Bertz CT molecular complexity index is 915. The summed E-state index contributed by atoms with van der Waals surface area (Å²) in [5, 5.41) is 0. The minimum absolute atomic E-state index is 0.0255. The summed E-state index contributed by atoms with van der Waals surface area (Å²) in [5.41, 5.74) is -1.48. The zero-order valence-corrected chi connectivity index (χ0v) is 20.7. The third-order valence-electron chi connectivity index (χ3n) is 4.61. The number of esters is 1. The van der Waals surface area contributed by atoms with Gasteiger partial charge < -0.3 is 19.1 Å². The lowest BCUT2D eigenvalue weighted by Gasteiger charge is -2.30. The Kier molecular flexibility index (Phi) is 7.83. The number of rotatable bonds is 4. The minimum Gasteiger partial charge on any atom is -0.497 e. The van der Waals surface area contributed by atoms with Crippen molar-refractivity contribution in [3.8, 4) is 5.75 Å². The van der Waals surface area contributed by atoms with Gasteiger partial charge >= 0.3 is 12.1 Å². The summed E-state index contributed by atoms with van der Waals surface area (Å²) in [4.78, 5) is 27.0. The van der Waals surface area contributed by atoms with E-state index in [0.29, 0.717) is 5.75 Å². The molecule has 0 bridgehead atoms. The van der Waals surface area contributed by atoms with Crippen LogP contribution in [-0.2, 0) is 24.3 Å². The fraction of sp³-hybridized carbons (Fsp3) is 0.636. The maximum atomic E-state index is 13.5. The van der Waals surface area contributed by atoms with Crippen molar-refractivity contribution in [1.29, 1.82) is 0 Å². The number of carbonyl (C=O) groups is 2. The molecule has 0 radical (unpaired) electrons. The molecule has 1 aromatic carbocycles. The first-order valence-electron chi connectivity index (χ1n) is 10.5. The van der Waals surface area contributed by atoms with Crippen molar-refractivity contribution < 1.29 is 32.2 Å². The van der Waals surface area contributed by atoms with E-state index in [2.05, 4.69) is 0 Å². The van der Waals surface area contributed by atoms with E-state index in [1.165, 1.54) is 24.1 Å². The standard InChI is InChI=1S/C22H34N2O7S/c1-21(2,3)30-19(25)18-12-13-23(20(26)31-22(4,5)6)14-15-24(18)32(27,28)17-10-8-16(29-7)9-11-17/h8-11,18H,12-15H2,1-7H3. The minimum atomic E-state index is -4.05. The van der Waals surface area contributed by atoms with Gasteiger partial charge in [-0.3, -0.25) is 4.79 Å². The molecule has 0 N–H and O–H groups in total. The molecular weight excluding hydrogens is 436 g/mol. The molecule has 9 nitrogen and oxygen atoms in total. The van der Waals surface area contributed by atoms with Crippen LogP contribution >= 0.6 is 0 Å². The number of carbonyl (C=O) groups excluding carboxylic acids is 2. The zero-order valence-electron chi connectivity index (χ0n) is 19.9. The molecule has 1 aliphatic heterocycles. The molecule has 1 aromatic rings. The summed E-state index contributed by atoms with van der Waals surface area (Å²) in [6.07, 6.45) is -0.465. The topological polar surface area (TPSA) is 102 Å². The second-order valence-electron chi connectivity index (χ2n) is 9.60. The van der Waals surface area contributed by atoms with Crippen LogP contribution in [0.15, 0.2) is 29.2 Å². The van der Waals surface area contributed by atoms with Crippen LogP contribution in [0.5, 0.6) is 5.75 Å². The van der Waals surface area contributed by atoms with Gasteiger partial charge in [0.25, 0.3) is 0 Å². The maximum Gasteiger partial charge on any atom is 0.410 e. The molecule has 0 saturated carbocycles. The van der Waals surface area contributed by atoms with Crippen molar-refractivity contribution in [2.75, 3.05) is 26.7 Å². The predicted octanol–water partition coefficient (Wildman–Crippen LogP) is 3.04. The smallest absolute Gasteiger partial charge is 0.410 e. The van der Waals surface area contributed by atoms with E-state index in [9.17, 15) is 18.0 Å². The summed E-state index contributed by atoms with van der Waals surface area (Å²) in [6, 6.07) is 4.86. The van der Waals surface area contributed by atoms with Gasteiger partial charge in [0.2, 0.25) is 10.0 Å². The van der Waals surface area contributed by atoms with Gasteiger partial charge in [-0.2, -0.15) is 4.31 Å². The van der Waals surface area contributed by atoms with Crippen LogP contribution in [0.3, 0.4) is 0 Å². The largest absolute Gasteiger partial charge is 0.497 e. The van der Waals surface area contributed by atoms with Gasteiger partial charge in [-0.15, -0.1) is 0 Å². The fourth-order valence-electron chi connectivity index (χ4n) is 3.19. The van der Waals surface area contributed by atoms with E-state index in [0.717, 1.165) is 4.31 Å². The normalized spacial score (nSPS) is 18.6. The van der Waals surface area contributed by atoms with Gasteiger partial charge in [-0.25, -0.2) is 13.2 Å². The quantitative estimate of drug-likeness (QED) is 0.623. The number of nitrogens with zero attached hydrogens (tertiary/aromatic N) is 2. The molecule has 0 aromatic heterocycles. The van der Waals surface area contributed by atoms with Crippen LogP contribution in [0.25, 0.3) is 0 Å². The Balaban J connectivity index is 2.38. The van der Waals surface area contributed by atoms with Crippen LogP contribution < -0.4 is 4.74 Å². The summed E-state index contributed by atoms with van der Waals surface area (Å²) in [6.45, 7) is 10.6. The fourth-order valence-corrected chi connectivity index (χ4v) is 4.79. The molecule has 10 heteroatoms. The average Bonchev–Trinajstić information content (AvgIpc) is 2.89. The Labute approximate surface area is 190 Å². The van der Waals surface area contributed by atoms with E-state index >= 15 is 0 Å². The number of sulfonamides is 1. The van der Waals surface area contributed by atoms with Crippen LogP contribution in [0, 0.1) is 0 Å². The first-order chi connectivity index (χ1) is 14.6. The maximum absolute atomic E-state index is 13.5. The molecule has 0 aliphatic carbocycles. The van der Waals surface area contributed by atoms with E-state index in [1.54, 1.807) is 53.7 Å². The average molecular weight is 471 g/mol. The van der Waals surface area contributed by atoms with Crippen molar-refractivity contribution in [2.45, 2.75) is 70.1 Å². The van der Waals surface area contributed by atoms with Gasteiger partial charge in [0.15, 0.2) is 0 Å². The first-order valence-corrected chi connectivity index (χ1v) is 11.9. The molecule has 2 rings (SSSR count). The van der Waals surface area contributed by atoms with Crippen LogP contribution in [0.2, 0.25) is 0 Å². The number of benzene rings is 1. The molecule has 1 aliphatic rings. The highest BCUT2D eigenvalue weighted by molar-refractivity contribution is 7.89. The molecule has 180 valence electrons. The van der Waals surface area contributed by atoms with Crippen LogP contribution in [0.4, 0.5) is 4.79 Å². The molecule has 1 amide bonds.